The molecule has 0 fully saturated rings. The number of sulfonamides is 1. The normalized spacial score (nSPS) is 11.3. The Morgan fingerprint density at radius 2 is 1.74 bits per heavy atom. The molecule has 5 nitrogen and oxygen atoms in total. The molecule has 0 heterocycles. The summed E-state index contributed by atoms with van der Waals surface area (Å²) in [7, 11) is -1.05. The average molecular weight is 339 g/mol. The molecule has 0 aromatic heterocycles. The van der Waals surface area contributed by atoms with E-state index in [-0.39, 0.29) is 22.8 Å². The minimum atomic E-state index is -3.89. The van der Waals surface area contributed by atoms with Crippen molar-refractivity contribution in [1.82, 2.24) is 4.72 Å². The Hall–Kier alpha value is -2.12. The van der Waals surface area contributed by atoms with E-state index in [9.17, 15) is 12.8 Å². The molecule has 124 valence electrons. The molecule has 0 bridgehead atoms. The third-order valence-corrected chi connectivity index (χ3v) is 4.80. The molecule has 0 amide bonds. The number of benzene rings is 2. The fourth-order valence-corrected chi connectivity index (χ4v) is 3.29. The van der Waals surface area contributed by atoms with Crippen LogP contribution in [0, 0.1) is 12.7 Å². The molecule has 2 aromatic rings. The van der Waals surface area contributed by atoms with Crippen molar-refractivity contribution < 1.29 is 22.3 Å². The van der Waals surface area contributed by atoms with Gasteiger partial charge in [0.15, 0.2) is 0 Å². The molecule has 0 spiro atoms. The van der Waals surface area contributed by atoms with Crippen molar-refractivity contribution in [2.75, 3.05) is 14.2 Å². The highest BCUT2D eigenvalue weighted by Crippen LogP contribution is 2.31. The standard InChI is InChI=1S/C16H18FNO4S/c1-11-8-15(22-3)16(9-14(11)21-2)23(19,20)18-10-12-6-4-5-7-13(12)17/h4-9,18H,10H2,1-3H3. The van der Waals surface area contributed by atoms with Crippen LogP contribution in [-0.2, 0) is 16.6 Å². The Morgan fingerprint density at radius 1 is 1.09 bits per heavy atom. The van der Waals surface area contributed by atoms with Gasteiger partial charge < -0.3 is 9.47 Å². The molecule has 0 saturated carbocycles. The maximum atomic E-state index is 13.6. The van der Waals surface area contributed by atoms with Gasteiger partial charge in [-0.15, -0.1) is 0 Å². The fourth-order valence-electron chi connectivity index (χ4n) is 2.12. The van der Waals surface area contributed by atoms with Gasteiger partial charge in [-0.05, 0) is 24.6 Å². The van der Waals surface area contributed by atoms with Gasteiger partial charge in [-0.2, -0.15) is 0 Å². The van der Waals surface area contributed by atoms with E-state index in [4.69, 9.17) is 9.47 Å². The summed E-state index contributed by atoms with van der Waals surface area (Å²) in [6, 6.07) is 8.95. The van der Waals surface area contributed by atoms with Crippen molar-refractivity contribution in [1.29, 1.82) is 0 Å². The van der Waals surface area contributed by atoms with Crippen LogP contribution in [0.25, 0.3) is 0 Å². The number of hydrogen-bond acceptors (Lipinski definition) is 4. The molecule has 1 N–H and O–H groups in total. The van der Waals surface area contributed by atoms with Crippen molar-refractivity contribution in [3.8, 4) is 11.5 Å². The first-order valence-electron chi connectivity index (χ1n) is 6.84. The summed E-state index contributed by atoms with van der Waals surface area (Å²) in [5, 5.41) is 0. The van der Waals surface area contributed by atoms with Crippen LogP contribution in [0.15, 0.2) is 41.3 Å². The van der Waals surface area contributed by atoms with Crippen LogP contribution in [0.3, 0.4) is 0 Å². The lowest BCUT2D eigenvalue weighted by molar-refractivity contribution is 0.389. The van der Waals surface area contributed by atoms with Crippen molar-refractivity contribution in [3.05, 3.63) is 53.3 Å². The molecule has 7 heteroatoms. The molecule has 0 atom stereocenters. The number of halogens is 1. The molecule has 2 aromatic carbocycles. The lowest BCUT2D eigenvalue weighted by atomic mass is 10.2. The van der Waals surface area contributed by atoms with Crippen LogP contribution < -0.4 is 14.2 Å². The SMILES string of the molecule is COc1cc(S(=O)(=O)NCc2ccccc2F)c(OC)cc1C. The van der Waals surface area contributed by atoms with E-state index >= 15 is 0 Å². The maximum absolute atomic E-state index is 13.6. The smallest absolute Gasteiger partial charge is 0.244 e. The van der Waals surface area contributed by atoms with Crippen LogP contribution >= 0.6 is 0 Å². The van der Waals surface area contributed by atoms with Crippen LogP contribution in [0.2, 0.25) is 0 Å². The number of rotatable bonds is 6. The summed E-state index contributed by atoms with van der Waals surface area (Å²) in [5.41, 5.74) is 1.01. The van der Waals surface area contributed by atoms with Crippen molar-refractivity contribution in [2.24, 2.45) is 0 Å². The molecular weight excluding hydrogens is 321 g/mol. The van der Waals surface area contributed by atoms with E-state index in [2.05, 4.69) is 4.72 Å². The highest BCUT2D eigenvalue weighted by Gasteiger charge is 2.22. The largest absolute Gasteiger partial charge is 0.496 e. The van der Waals surface area contributed by atoms with E-state index in [0.717, 1.165) is 5.56 Å². The van der Waals surface area contributed by atoms with Gasteiger partial charge in [-0.1, -0.05) is 18.2 Å². The molecule has 0 saturated heterocycles. The van der Waals surface area contributed by atoms with Gasteiger partial charge in [-0.3, -0.25) is 0 Å². The summed E-state index contributed by atoms with van der Waals surface area (Å²) in [6.07, 6.45) is 0. The summed E-state index contributed by atoms with van der Waals surface area (Å²) >= 11 is 0. The molecule has 23 heavy (non-hydrogen) atoms. The number of methoxy groups -OCH3 is 2. The molecule has 0 aliphatic carbocycles. The minimum Gasteiger partial charge on any atom is -0.496 e. The first kappa shape index (κ1) is 17.2. The third kappa shape index (κ3) is 3.80. The summed E-state index contributed by atoms with van der Waals surface area (Å²) in [6.45, 7) is 1.62. The first-order chi connectivity index (χ1) is 10.9. The fraction of sp³-hybridized carbons (Fsp3) is 0.250. The Balaban J connectivity index is 2.34. The van der Waals surface area contributed by atoms with Crippen LogP contribution in [0.4, 0.5) is 4.39 Å². The Morgan fingerprint density at radius 3 is 2.35 bits per heavy atom. The molecule has 2 rings (SSSR count). The maximum Gasteiger partial charge on any atom is 0.244 e. The van der Waals surface area contributed by atoms with Crippen molar-refractivity contribution in [2.45, 2.75) is 18.4 Å². The minimum absolute atomic E-state index is 0.0567. The van der Waals surface area contributed by atoms with Gasteiger partial charge in [0.05, 0.1) is 14.2 Å². The predicted molar refractivity (Wildman–Crippen MR) is 84.7 cm³/mol. The molecule has 0 radical (unpaired) electrons. The average Bonchev–Trinajstić information content (AvgIpc) is 2.53. The number of aryl methyl sites for hydroxylation is 1. The van der Waals surface area contributed by atoms with E-state index in [0.29, 0.717) is 5.75 Å². The number of ether oxygens (including phenoxy) is 2. The zero-order chi connectivity index (χ0) is 17.0. The Bertz CT molecular complexity index is 806. The highest BCUT2D eigenvalue weighted by molar-refractivity contribution is 7.89. The van der Waals surface area contributed by atoms with E-state index in [1.165, 1.54) is 32.4 Å². The van der Waals surface area contributed by atoms with Crippen LogP contribution in [0.5, 0.6) is 11.5 Å². The monoisotopic (exact) mass is 339 g/mol. The van der Waals surface area contributed by atoms with Gasteiger partial charge in [0, 0.05) is 18.2 Å². The van der Waals surface area contributed by atoms with E-state index in [1.807, 2.05) is 0 Å². The van der Waals surface area contributed by atoms with Gasteiger partial charge in [-0.25, -0.2) is 17.5 Å². The molecular formula is C16H18FNO4S. The van der Waals surface area contributed by atoms with Crippen molar-refractivity contribution in [3.63, 3.8) is 0 Å². The Labute approximate surface area is 135 Å². The lowest BCUT2D eigenvalue weighted by Gasteiger charge is -2.14. The summed E-state index contributed by atoms with van der Waals surface area (Å²) in [4.78, 5) is -0.0567. The molecule has 0 unspecified atom stereocenters. The van der Waals surface area contributed by atoms with E-state index < -0.39 is 15.8 Å². The molecule has 0 aliphatic heterocycles. The Kier molecular flexibility index (Phi) is 5.23. The molecule has 0 aliphatic rings. The second kappa shape index (κ2) is 6.97. The first-order valence-corrected chi connectivity index (χ1v) is 8.33. The second-order valence-corrected chi connectivity index (χ2v) is 6.62. The van der Waals surface area contributed by atoms with Crippen LogP contribution in [-0.4, -0.2) is 22.6 Å². The van der Waals surface area contributed by atoms with E-state index in [1.54, 1.807) is 25.1 Å². The highest BCUT2D eigenvalue weighted by atomic mass is 32.2. The van der Waals surface area contributed by atoms with Crippen LogP contribution in [0.1, 0.15) is 11.1 Å². The lowest BCUT2D eigenvalue weighted by Crippen LogP contribution is -2.24. The predicted octanol–water partition coefficient (Wildman–Crippen LogP) is 2.63. The zero-order valence-corrected chi connectivity index (χ0v) is 13.9. The van der Waals surface area contributed by atoms with Gasteiger partial charge in [0.2, 0.25) is 10.0 Å². The van der Waals surface area contributed by atoms with Gasteiger partial charge >= 0.3 is 0 Å². The van der Waals surface area contributed by atoms with Crippen molar-refractivity contribution >= 4 is 10.0 Å². The number of nitrogens with one attached hydrogen (secondary N) is 1. The quantitative estimate of drug-likeness (QED) is 0.879. The second-order valence-electron chi connectivity index (χ2n) is 4.89. The zero-order valence-electron chi connectivity index (χ0n) is 13.1. The number of hydrogen-bond donors (Lipinski definition) is 1. The summed E-state index contributed by atoms with van der Waals surface area (Å²) in [5.74, 6) is 0.157. The third-order valence-electron chi connectivity index (χ3n) is 3.38. The topological polar surface area (TPSA) is 64.6 Å². The van der Waals surface area contributed by atoms with Gasteiger partial charge in [0.25, 0.3) is 0 Å². The summed E-state index contributed by atoms with van der Waals surface area (Å²) < 4.78 is 51.3. The van der Waals surface area contributed by atoms with Gasteiger partial charge in [0.1, 0.15) is 22.2 Å².